The van der Waals surface area contributed by atoms with Crippen LogP contribution >= 0.6 is 0 Å². The van der Waals surface area contributed by atoms with Gasteiger partial charge in [0.2, 0.25) is 5.91 Å². The number of carbonyl (C=O) groups is 1. The van der Waals surface area contributed by atoms with Crippen molar-refractivity contribution < 1.29 is 9.90 Å². The van der Waals surface area contributed by atoms with Crippen molar-refractivity contribution in [3.63, 3.8) is 0 Å². The molecule has 0 bridgehead atoms. The summed E-state index contributed by atoms with van der Waals surface area (Å²) in [5, 5.41) is 9.45. The molecule has 0 aromatic carbocycles. The van der Waals surface area contributed by atoms with Crippen LogP contribution in [0.15, 0.2) is 0 Å². The van der Waals surface area contributed by atoms with E-state index in [1.54, 1.807) is 11.8 Å². The van der Waals surface area contributed by atoms with Gasteiger partial charge in [-0.25, -0.2) is 0 Å². The lowest BCUT2D eigenvalue weighted by Gasteiger charge is -2.44. The molecule has 0 radical (unpaired) electrons. The number of carbonyl (C=O) groups excluding carboxylic acids is 1. The zero-order valence-corrected chi connectivity index (χ0v) is 8.34. The Morgan fingerprint density at radius 3 is 2.31 bits per heavy atom. The molecule has 0 unspecified atom stereocenters. The molecule has 3 heteroatoms. The molecule has 3 nitrogen and oxygen atoms in total. The van der Waals surface area contributed by atoms with Crippen LogP contribution in [0, 0.1) is 5.41 Å². The Balaban J connectivity index is 1.80. The molecule has 1 aliphatic carbocycles. The zero-order chi connectivity index (χ0) is 9.69. The second-order valence-corrected chi connectivity index (χ2v) is 5.23. The molecule has 2 aliphatic rings. The Kier molecular flexibility index (Phi) is 1.71. The molecule has 1 saturated carbocycles. The van der Waals surface area contributed by atoms with Crippen LogP contribution in [0.5, 0.6) is 0 Å². The summed E-state index contributed by atoms with van der Waals surface area (Å²) in [5.41, 5.74) is -0.335. The summed E-state index contributed by atoms with van der Waals surface area (Å²) in [5.74, 6) is 0.214. The second kappa shape index (κ2) is 2.47. The second-order valence-electron chi connectivity index (χ2n) is 5.23. The van der Waals surface area contributed by atoms with Crippen LogP contribution in [-0.2, 0) is 4.79 Å². The molecule has 0 aromatic rings. The lowest BCUT2D eigenvalue weighted by molar-refractivity contribution is -0.153. The van der Waals surface area contributed by atoms with Gasteiger partial charge in [-0.05, 0) is 25.2 Å². The van der Waals surface area contributed by atoms with Gasteiger partial charge >= 0.3 is 0 Å². The molecule has 0 aromatic heterocycles. The molecule has 1 N–H and O–H groups in total. The maximum Gasteiger partial charge on any atom is 0.223 e. The Bertz CT molecular complexity index is 235. The summed E-state index contributed by atoms with van der Waals surface area (Å²) in [7, 11) is 0. The van der Waals surface area contributed by atoms with Crippen LogP contribution in [0.4, 0.5) is 0 Å². The van der Waals surface area contributed by atoms with Gasteiger partial charge in [0, 0.05) is 6.42 Å². The van der Waals surface area contributed by atoms with Crippen molar-refractivity contribution in [3.8, 4) is 0 Å². The summed E-state index contributed by atoms with van der Waals surface area (Å²) in [6.07, 6.45) is 3.04. The third-order valence-electron chi connectivity index (χ3n) is 3.10. The molecule has 74 valence electrons. The van der Waals surface area contributed by atoms with Crippen LogP contribution in [0.1, 0.15) is 33.1 Å². The number of rotatable bonds is 2. The van der Waals surface area contributed by atoms with Gasteiger partial charge in [-0.2, -0.15) is 0 Å². The maximum atomic E-state index is 11.6. The molecular formula is C10H17NO2. The van der Waals surface area contributed by atoms with Crippen molar-refractivity contribution in [2.24, 2.45) is 5.41 Å². The summed E-state index contributed by atoms with van der Waals surface area (Å²) in [6, 6.07) is 0. The van der Waals surface area contributed by atoms with Gasteiger partial charge in [0.15, 0.2) is 0 Å². The Morgan fingerprint density at radius 1 is 1.38 bits per heavy atom. The predicted octanol–water partition coefficient (Wildman–Crippen LogP) is 0.770. The number of amides is 1. The average molecular weight is 183 g/mol. The fourth-order valence-corrected chi connectivity index (χ4v) is 1.82. The Hall–Kier alpha value is -0.570. The molecule has 0 spiro atoms. The Morgan fingerprint density at radius 2 is 1.92 bits per heavy atom. The molecular weight excluding hydrogens is 166 g/mol. The third-order valence-corrected chi connectivity index (χ3v) is 3.10. The van der Waals surface area contributed by atoms with Gasteiger partial charge < -0.3 is 10.0 Å². The molecule has 13 heavy (non-hydrogen) atoms. The first kappa shape index (κ1) is 9.00. The van der Waals surface area contributed by atoms with E-state index in [1.807, 2.05) is 0 Å². The van der Waals surface area contributed by atoms with Crippen molar-refractivity contribution in [2.75, 3.05) is 13.1 Å². The van der Waals surface area contributed by atoms with Gasteiger partial charge in [-0.1, -0.05) is 6.92 Å². The van der Waals surface area contributed by atoms with Crippen LogP contribution < -0.4 is 0 Å². The molecule has 1 saturated heterocycles. The van der Waals surface area contributed by atoms with E-state index in [4.69, 9.17) is 0 Å². The van der Waals surface area contributed by atoms with Crippen LogP contribution in [0.25, 0.3) is 0 Å². The molecule has 1 amide bonds. The van der Waals surface area contributed by atoms with Crippen molar-refractivity contribution >= 4 is 5.91 Å². The van der Waals surface area contributed by atoms with Crippen molar-refractivity contribution in [2.45, 2.75) is 38.7 Å². The van der Waals surface area contributed by atoms with Crippen molar-refractivity contribution in [1.82, 2.24) is 4.90 Å². The molecule has 2 fully saturated rings. The van der Waals surface area contributed by atoms with Crippen LogP contribution in [0.3, 0.4) is 0 Å². The molecule has 0 atom stereocenters. The van der Waals surface area contributed by atoms with Crippen LogP contribution in [0.2, 0.25) is 0 Å². The minimum atomic E-state index is -0.625. The average Bonchev–Trinajstić information content (AvgIpc) is 2.62. The maximum absolute atomic E-state index is 11.6. The first-order valence-corrected chi connectivity index (χ1v) is 4.91. The van der Waals surface area contributed by atoms with Crippen molar-refractivity contribution in [1.29, 1.82) is 0 Å². The number of nitrogens with zero attached hydrogens (tertiary/aromatic N) is 1. The first-order chi connectivity index (χ1) is 5.90. The number of aliphatic hydroxyl groups is 1. The highest BCUT2D eigenvalue weighted by atomic mass is 16.3. The van der Waals surface area contributed by atoms with Gasteiger partial charge in [0.25, 0.3) is 0 Å². The lowest BCUT2D eigenvalue weighted by atomic mass is 9.94. The van der Waals surface area contributed by atoms with E-state index >= 15 is 0 Å². The van der Waals surface area contributed by atoms with E-state index in [9.17, 15) is 9.90 Å². The zero-order valence-electron chi connectivity index (χ0n) is 8.34. The van der Waals surface area contributed by atoms with Crippen molar-refractivity contribution in [3.05, 3.63) is 0 Å². The minimum Gasteiger partial charge on any atom is -0.386 e. The van der Waals surface area contributed by atoms with Crippen LogP contribution in [-0.4, -0.2) is 34.6 Å². The van der Waals surface area contributed by atoms with E-state index in [1.165, 1.54) is 12.8 Å². The van der Waals surface area contributed by atoms with E-state index in [-0.39, 0.29) is 5.91 Å². The van der Waals surface area contributed by atoms with Gasteiger partial charge in [0.05, 0.1) is 18.7 Å². The number of hydrogen-bond donors (Lipinski definition) is 1. The van der Waals surface area contributed by atoms with Gasteiger partial charge in [0.1, 0.15) is 0 Å². The van der Waals surface area contributed by atoms with E-state index in [0.29, 0.717) is 24.9 Å². The number of β-amino-alcohol motifs (C(OH)–C–C–N with tert-alkyl or cyclic N) is 1. The first-order valence-electron chi connectivity index (χ1n) is 4.91. The van der Waals surface area contributed by atoms with Gasteiger partial charge in [-0.15, -0.1) is 0 Å². The third kappa shape index (κ3) is 1.85. The topological polar surface area (TPSA) is 40.5 Å². The van der Waals surface area contributed by atoms with E-state index in [2.05, 4.69) is 6.92 Å². The summed E-state index contributed by atoms with van der Waals surface area (Å²) in [4.78, 5) is 13.3. The van der Waals surface area contributed by atoms with E-state index < -0.39 is 5.60 Å². The lowest BCUT2D eigenvalue weighted by Crippen LogP contribution is -2.61. The number of likely N-dealkylation sites (tertiary alicyclic amines) is 1. The summed E-state index contributed by atoms with van der Waals surface area (Å²) < 4.78 is 0. The normalized spacial score (nSPS) is 28.1. The molecule has 1 aliphatic heterocycles. The molecule has 1 heterocycles. The highest BCUT2D eigenvalue weighted by Gasteiger charge is 2.44. The quantitative estimate of drug-likeness (QED) is 0.687. The highest BCUT2D eigenvalue weighted by molar-refractivity contribution is 5.78. The predicted molar refractivity (Wildman–Crippen MR) is 49.2 cm³/mol. The summed E-state index contributed by atoms with van der Waals surface area (Å²) >= 11 is 0. The molecule has 2 rings (SSSR count). The van der Waals surface area contributed by atoms with E-state index in [0.717, 1.165) is 0 Å². The fourth-order valence-electron chi connectivity index (χ4n) is 1.82. The largest absolute Gasteiger partial charge is 0.386 e. The smallest absolute Gasteiger partial charge is 0.223 e. The standard InChI is InChI=1S/C10H17NO2/c1-9(3-4-9)5-8(12)11-6-10(2,13)7-11/h13H,3-7H2,1-2H3. The minimum absolute atomic E-state index is 0.214. The van der Waals surface area contributed by atoms with Gasteiger partial charge in [-0.3, -0.25) is 4.79 Å². The highest BCUT2D eigenvalue weighted by Crippen LogP contribution is 2.48. The summed E-state index contributed by atoms with van der Waals surface area (Å²) in [6.45, 7) is 4.96. The monoisotopic (exact) mass is 183 g/mol. The fraction of sp³-hybridized carbons (Fsp3) is 0.900. The SMILES string of the molecule is CC1(O)CN(C(=O)CC2(C)CC2)C1. The Labute approximate surface area is 78.7 Å². The number of hydrogen-bond acceptors (Lipinski definition) is 2.